The molecule has 0 aliphatic carbocycles. The van der Waals surface area contributed by atoms with E-state index in [0.29, 0.717) is 19.2 Å². The number of ether oxygens (including phenoxy) is 2. The molecule has 2 nitrogen and oxygen atoms in total. The van der Waals surface area contributed by atoms with Gasteiger partial charge in [0.15, 0.2) is 0 Å². The van der Waals surface area contributed by atoms with Crippen molar-refractivity contribution in [2.45, 2.75) is 13.8 Å². The van der Waals surface area contributed by atoms with Gasteiger partial charge in [0.2, 0.25) is 0 Å². The first-order chi connectivity index (χ1) is 8.83. The summed E-state index contributed by atoms with van der Waals surface area (Å²) in [6.07, 6.45) is 1.93. The molecule has 0 saturated carbocycles. The summed E-state index contributed by atoms with van der Waals surface area (Å²) in [5.41, 5.74) is 1.09. The molecule has 0 radical (unpaired) electrons. The number of benzene rings is 2. The van der Waals surface area contributed by atoms with E-state index in [2.05, 4.69) is 30.3 Å². The highest BCUT2D eigenvalue weighted by atomic mass is 16.7. The molecule has 0 amide bonds. The maximum absolute atomic E-state index is 5.44. The highest BCUT2D eigenvalue weighted by Crippen LogP contribution is 2.18. The zero-order chi connectivity index (χ0) is 12.8. The van der Waals surface area contributed by atoms with Gasteiger partial charge in [-0.3, -0.25) is 0 Å². The van der Waals surface area contributed by atoms with Gasteiger partial charge in [-0.2, -0.15) is 0 Å². The van der Waals surface area contributed by atoms with Crippen LogP contribution in [-0.2, 0) is 9.47 Å². The van der Waals surface area contributed by atoms with E-state index in [9.17, 15) is 0 Å². The molecule has 2 aromatic rings. The third-order valence-corrected chi connectivity index (χ3v) is 2.63. The summed E-state index contributed by atoms with van der Waals surface area (Å²) in [4.78, 5) is 0. The second-order valence-corrected chi connectivity index (χ2v) is 3.94. The summed E-state index contributed by atoms with van der Waals surface area (Å²) >= 11 is 0. The molecule has 0 aliphatic heterocycles. The van der Waals surface area contributed by atoms with E-state index in [4.69, 9.17) is 9.47 Å². The summed E-state index contributed by atoms with van der Waals surface area (Å²) < 4.78 is 10.9. The lowest BCUT2D eigenvalue weighted by Gasteiger charge is -2.09. The van der Waals surface area contributed by atoms with Crippen LogP contribution in [0.5, 0.6) is 0 Å². The Bertz CT molecular complexity index is 536. The van der Waals surface area contributed by atoms with Crippen molar-refractivity contribution in [3.8, 4) is 0 Å². The third kappa shape index (κ3) is 3.04. The van der Waals surface area contributed by atoms with Gasteiger partial charge in [0.1, 0.15) is 0 Å². The lowest BCUT2D eigenvalue weighted by atomic mass is 10.1. The Morgan fingerprint density at radius 3 is 2.28 bits per heavy atom. The van der Waals surface area contributed by atoms with Crippen LogP contribution in [-0.4, -0.2) is 13.2 Å². The lowest BCUT2D eigenvalue weighted by molar-refractivity contribution is 0.0508. The highest BCUT2D eigenvalue weighted by molar-refractivity contribution is 5.84. The zero-order valence-electron chi connectivity index (χ0n) is 10.8. The fourth-order valence-electron chi connectivity index (χ4n) is 1.84. The quantitative estimate of drug-likeness (QED) is 0.731. The second-order valence-electron chi connectivity index (χ2n) is 3.94. The molecule has 0 saturated heterocycles. The highest BCUT2D eigenvalue weighted by Gasteiger charge is 1.99. The van der Waals surface area contributed by atoms with Crippen LogP contribution in [0, 0.1) is 0 Å². The molecule has 0 aliphatic rings. The van der Waals surface area contributed by atoms with Crippen molar-refractivity contribution in [2.24, 2.45) is 0 Å². The maximum atomic E-state index is 5.44. The molecule has 0 aromatic heterocycles. The Morgan fingerprint density at radius 1 is 0.944 bits per heavy atom. The van der Waals surface area contributed by atoms with Crippen LogP contribution < -0.4 is 0 Å². The van der Waals surface area contributed by atoms with Gasteiger partial charge in [0, 0.05) is 6.08 Å². The molecule has 0 bridgehead atoms. The van der Waals surface area contributed by atoms with E-state index in [-0.39, 0.29) is 0 Å². The van der Waals surface area contributed by atoms with Crippen LogP contribution in [0.25, 0.3) is 16.8 Å². The Hall–Kier alpha value is -1.96. The Morgan fingerprint density at radius 2 is 1.61 bits per heavy atom. The van der Waals surface area contributed by atoms with Crippen molar-refractivity contribution in [3.63, 3.8) is 0 Å². The van der Waals surface area contributed by atoms with Crippen molar-refractivity contribution < 1.29 is 9.47 Å². The van der Waals surface area contributed by atoms with Crippen LogP contribution in [0.15, 0.2) is 48.4 Å². The van der Waals surface area contributed by atoms with E-state index >= 15 is 0 Å². The molecule has 0 heterocycles. The number of hydrogen-bond donors (Lipinski definition) is 0. The number of hydrogen-bond acceptors (Lipinski definition) is 2. The molecule has 0 unspecified atom stereocenters. The lowest BCUT2D eigenvalue weighted by Crippen LogP contribution is -1.97. The fraction of sp³-hybridized carbons (Fsp3) is 0.250. The van der Waals surface area contributed by atoms with Crippen LogP contribution >= 0.6 is 0 Å². The van der Waals surface area contributed by atoms with Crippen LogP contribution in [0.2, 0.25) is 0 Å². The van der Waals surface area contributed by atoms with Crippen molar-refractivity contribution in [3.05, 3.63) is 54.0 Å². The topological polar surface area (TPSA) is 18.5 Å². The Kier molecular flexibility index (Phi) is 4.24. The molecule has 0 N–H and O–H groups in total. The summed E-state index contributed by atoms with van der Waals surface area (Å²) in [6, 6.07) is 14.6. The van der Waals surface area contributed by atoms with Gasteiger partial charge in [0.25, 0.3) is 5.95 Å². The van der Waals surface area contributed by atoms with E-state index in [0.717, 1.165) is 5.56 Å². The summed E-state index contributed by atoms with van der Waals surface area (Å²) in [5.74, 6) is 0.579. The van der Waals surface area contributed by atoms with Gasteiger partial charge in [-0.25, -0.2) is 0 Å². The van der Waals surface area contributed by atoms with Gasteiger partial charge in [0.05, 0.1) is 13.2 Å². The predicted molar refractivity (Wildman–Crippen MR) is 75.2 cm³/mol. The average molecular weight is 242 g/mol. The van der Waals surface area contributed by atoms with Crippen LogP contribution in [0.1, 0.15) is 19.4 Å². The van der Waals surface area contributed by atoms with Crippen molar-refractivity contribution in [1.29, 1.82) is 0 Å². The van der Waals surface area contributed by atoms with E-state index in [1.54, 1.807) is 0 Å². The van der Waals surface area contributed by atoms with Crippen molar-refractivity contribution in [2.75, 3.05) is 13.2 Å². The minimum absolute atomic E-state index is 0.579. The first-order valence-electron chi connectivity index (χ1n) is 6.29. The molecule has 2 heteroatoms. The largest absolute Gasteiger partial charge is 0.466 e. The van der Waals surface area contributed by atoms with E-state index in [1.807, 2.05) is 32.1 Å². The van der Waals surface area contributed by atoms with Gasteiger partial charge < -0.3 is 9.47 Å². The molecule has 0 atom stereocenters. The van der Waals surface area contributed by atoms with Crippen LogP contribution in [0.4, 0.5) is 0 Å². The molecule has 18 heavy (non-hydrogen) atoms. The van der Waals surface area contributed by atoms with Gasteiger partial charge in [-0.05, 0) is 36.2 Å². The average Bonchev–Trinajstić information content (AvgIpc) is 2.39. The zero-order valence-corrected chi connectivity index (χ0v) is 10.8. The van der Waals surface area contributed by atoms with E-state index in [1.165, 1.54) is 10.8 Å². The fourth-order valence-corrected chi connectivity index (χ4v) is 1.84. The first kappa shape index (κ1) is 12.5. The molecule has 0 fully saturated rings. The van der Waals surface area contributed by atoms with Gasteiger partial charge in [-0.1, -0.05) is 36.4 Å². The molecule has 2 aromatic carbocycles. The summed E-state index contributed by atoms with van der Waals surface area (Å²) in [6.45, 7) is 5.12. The predicted octanol–water partition coefficient (Wildman–Crippen LogP) is 4.21. The minimum Gasteiger partial charge on any atom is -0.466 e. The first-order valence-corrected chi connectivity index (χ1v) is 6.29. The molecular weight excluding hydrogens is 224 g/mol. The normalized spacial score (nSPS) is 10.1. The van der Waals surface area contributed by atoms with E-state index < -0.39 is 0 Å². The van der Waals surface area contributed by atoms with Crippen LogP contribution in [0.3, 0.4) is 0 Å². The monoisotopic (exact) mass is 242 g/mol. The molecular formula is C16H18O2. The third-order valence-electron chi connectivity index (χ3n) is 2.63. The Balaban J connectivity index is 2.31. The van der Waals surface area contributed by atoms with Crippen molar-refractivity contribution >= 4 is 16.8 Å². The summed E-state index contributed by atoms with van der Waals surface area (Å²) in [5, 5.41) is 2.46. The number of rotatable bonds is 5. The van der Waals surface area contributed by atoms with Crippen molar-refractivity contribution in [1.82, 2.24) is 0 Å². The maximum Gasteiger partial charge on any atom is 0.279 e. The Labute approximate surface area is 108 Å². The second kappa shape index (κ2) is 6.10. The van der Waals surface area contributed by atoms with Gasteiger partial charge >= 0.3 is 0 Å². The smallest absolute Gasteiger partial charge is 0.279 e. The summed E-state index contributed by atoms with van der Waals surface area (Å²) in [7, 11) is 0. The molecule has 0 spiro atoms. The standard InChI is InChI=1S/C16H18O2/c1-3-17-16(18-4-2)12-13-9-10-14-7-5-6-8-15(14)11-13/h5-12H,3-4H2,1-2H3. The minimum atomic E-state index is 0.579. The number of fused-ring (bicyclic) bond motifs is 1. The SMILES string of the molecule is CCOC(=Cc1ccc2ccccc2c1)OCC. The molecule has 94 valence electrons. The van der Waals surface area contributed by atoms with Gasteiger partial charge in [-0.15, -0.1) is 0 Å². The molecule has 2 rings (SSSR count).